The fourth-order valence-corrected chi connectivity index (χ4v) is 5.19. The van der Waals surface area contributed by atoms with Crippen molar-refractivity contribution in [3.63, 3.8) is 0 Å². The molecule has 1 aromatic heterocycles. The first kappa shape index (κ1) is 21.3. The van der Waals surface area contributed by atoms with Gasteiger partial charge in [0.2, 0.25) is 0 Å². The zero-order valence-electron chi connectivity index (χ0n) is 17.5. The Balaban J connectivity index is 1.29. The Morgan fingerprint density at radius 1 is 1.00 bits per heavy atom. The van der Waals surface area contributed by atoms with Crippen LogP contribution in [0.4, 0.5) is 4.79 Å². The van der Waals surface area contributed by atoms with E-state index >= 15 is 0 Å². The fourth-order valence-electron chi connectivity index (χ4n) is 4.57. The summed E-state index contributed by atoms with van der Waals surface area (Å²) in [5.41, 5.74) is 6.16. The van der Waals surface area contributed by atoms with Crippen molar-refractivity contribution >= 4 is 38.9 Å². The average Bonchev–Trinajstić information content (AvgIpc) is 3.37. The van der Waals surface area contributed by atoms with Crippen LogP contribution in [0.25, 0.3) is 22.0 Å². The summed E-state index contributed by atoms with van der Waals surface area (Å²) in [6.07, 6.45) is 1.15. The molecule has 0 saturated heterocycles. The van der Waals surface area contributed by atoms with Gasteiger partial charge in [-0.1, -0.05) is 70.5 Å². The van der Waals surface area contributed by atoms with E-state index < -0.39 is 18.1 Å². The van der Waals surface area contributed by atoms with Gasteiger partial charge in [0.05, 0.1) is 0 Å². The number of benzene rings is 3. The van der Waals surface area contributed by atoms with Gasteiger partial charge in [0.25, 0.3) is 0 Å². The van der Waals surface area contributed by atoms with E-state index in [2.05, 4.69) is 38.4 Å². The van der Waals surface area contributed by atoms with Gasteiger partial charge in [-0.15, -0.1) is 0 Å². The molecule has 4 aromatic rings. The van der Waals surface area contributed by atoms with E-state index in [1.807, 2.05) is 54.6 Å². The normalized spacial score (nSPS) is 13.4. The molecular weight excluding hydrogens is 484 g/mol. The first-order valence-corrected chi connectivity index (χ1v) is 11.4. The molecule has 1 aliphatic carbocycles. The number of aromatic amines is 1. The Morgan fingerprint density at radius 3 is 2.33 bits per heavy atom. The second-order valence-corrected chi connectivity index (χ2v) is 8.90. The van der Waals surface area contributed by atoms with Gasteiger partial charge in [0, 0.05) is 33.9 Å². The Labute approximate surface area is 198 Å². The number of hydrogen-bond acceptors (Lipinski definition) is 3. The number of amides is 1. The van der Waals surface area contributed by atoms with Crippen LogP contribution in [-0.4, -0.2) is 34.8 Å². The maximum atomic E-state index is 12.6. The van der Waals surface area contributed by atoms with E-state index in [4.69, 9.17) is 4.74 Å². The molecule has 3 aromatic carbocycles. The zero-order chi connectivity index (χ0) is 22.9. The SMILES string of the molecule is O=C(N[C@@H](Cc1c[nH]c2cccc(Br)c12)C(=O)O)OCC1c2ccccc2-c2ccccc21. The lowest BCUT2D eigenvalue weighted by molar-refractivity contribution is -0.139. The van der Waals surface area contributed by atoms with E-state index in [1.165, 1.54) is 0 Å². The Morgan fingerprint density at radius 2 is 1.67 bits per heavy atom. The molecule has 0 aliphatic heterocycles. The van der Waals surface area contributed by atoms with Gasteiger partial charge in [0.15, 0.2) is 0 Å². The second kappa shape index (κ2) is 8.75. The van der Waals surface area contributed by atoms with Crippen LogP contribution in [0.3, 0.4) is 0 Å². The van der Waals surface area contributed by atoms with Crippen molar-refractivity contribution in [2.24, 2.45) is 0 Å². The third kappa shape index (κ3) is 4.00. The van der Waals surface area contributed by atoms with Crippen LogP contribution in [0, 0.1) is 0 Å². The number of halogens is 1. The van der Waals surface area contributed by atoms with Crippen molar-refractivity contribution < 1.29 is 19.4 Å². The highest BCUT2D eigenvalue weighted by Gasteiger charge is 2.30. The monoisotopic (exact) mass is 504 g/mol. The van der Waals surface area contributed by atoms with Gasteiger partial charge < -0.3 is 20.1 Å². The summed E-state index contributed by atoms with van der Waals surface area (Å²) in [5.74, 6) is -1.21. The summed E-state index contributed by atoms with van der Waals surface area (Å²) in [6.45, 7) is 0.130. The number of nitrogens with one attached hydrogen (secondary N) is 2. The molecule has 7 heteroatoms. The number of carboxylic acids is 1. The van der Waals surface area contributed by atoms with Crippen LogP contribution in [0.15, 0.2) is 77.4 Å². The smallest absolute Gasteiger partial charge is 0.407 e. The lowest BCUT2D eigenvalue weighted by Crippen LogP contribution is -2.42. The second-order valence-electron chi connectivity index (χ2n) is 8.04. The van der Waals surface area contributed by atoms with Crippen LogP contribution in [0.2, 0.25) is 0 Å². The largest absolute Gasteiger partial charge is 0.480 e. The van der Waals surface area contributed by atoms with Gasteiger partial charge >= 0.3 is 12.1 Å². The highest BCUT2D eigenvalue weighted by molar-refractivity contribution is 9.10. The van der Waals surface area contributed by atoms with Crippen LogP contribution >= 0.6 is 15.9 Å². The Hall–Kier alpha value is -3.58. The number of alkyl carbamates (subject to hydrolysis) is 1. The van der Waals surface area contributed by atoms with Crippen LogP contribution in [-0.2, 0) is 16.0 Å². The highest BCUT2D eigenvalue weighted by Crippen LogP contribution is 2.44. The molecule has 1 aliphatic rings. The molecule has 3 N–H and O–H groups in total. The predicted molar refractivity (Wildman–Crippen MR) is 129 cm³/mol. The molecule has 0 unspecified atom stereocenters. The lowest BCUT2D eigenvalue weighted by atomic mass is 9.98. The van der Waals surface area contributed by atoms with Crippen LogP contribution in [0.5, 0.6) is 0 Å². The summed E-state index contributed by atoms with van der Waals surface area (Å²) in [5, 5.41) is 13.1. The van der Waals surface area contributed by atoms with Gasteiger partial charge in [-0.3, -0.25) is 0 Å². The topological polar surface area (TPSA) is 91.4 Å². The number of aliphatic carboxylic acids is 1. The molecule has 33 heavy (non-hydrogen) atoms. The molecule has 0 saturated carbocycles. The molecule has 5 rings (SSSR count). The van der Waals surface area contributed by atoms with Crippen LogP contribution < -0.4 is 5.32 Å². The maximum Gasteiger partial charge on any atom is 0.407 e. The lowest BCUT2D eigenvalue weighted by Gasteiger charge is -2.17. The maximum absolute atomic E-state index is 12.6. The summed E-state index contributed by atoms with van der Waals surface area (Å²) in [6, 6.07) is 20.7. The van der Waals surface area contributed by atoms with Gasteiger partial charge in [-0.05, 0) is 39.9 Å². The first-order valence-electron chi connectivity index (χ1n) is 10.6. The van der Waals surface area contributed by atoms with E-state index in [1.54, 1.807) is 6.20 Å². The summed E-state index contributed by atoms with van der Waals surface area (Å²) in [4.78, 5) is 27.6. The Bertz CT molecular complexity index is 1320. The number of ether oxygens (including phenoxy) is 1. The number of carbonyl (C=O) groups excluding carboxylic acids is 1. The number of H-pyrrole nitrogens is 1. The summed E-state index contributed by atoms with van der Waals surface area (Å²) in [7, 11) is 0. The fraction of sp³-hybridized carbons (Fsp3) is 0.154. The van der Waals surface area contributed by atoms with Crippen molar-refractivity contribution in [1.29, 1.82) is 0 Å². The van der Waals surface area contributed by atoms with Crippen molar-refractivity contribution in [2.45, 2.75) is 18.4 Å². The van der Waals surface area contributed by atoms with E-state index in [0.717, 1.165) is 43.2 Å². The third-order valence-electron chi connectivity index (χ3n) is 6.09. The van der Waals surface area contributed by atoms with E-state index in [0.29, 0.717) is 0 Å². The molecule has 6 nitrogen and oxygen atoms in total. The standard InChI is InChI=1S/C26H21BrN2O4/c27-21-10-5-11-22-24(21)15(13-28-22)12-23(25(30)31)29-26(32)33-14-20-18-8-3-1-6-16(18)17-7-2-4-9-19(17)20/h1-11,13,20,23,28H,12,14H2,(H,29,32)(H,30,31)/t23-/m0/s1. The molecule has 0 radical (unpaired) electrons. The summed E-state index contributed by atoms with van der Waals surface area (Å²) >= 11 is 3.51. The molecule has 1 atom stereocenters. The number of rotatable bonds is 6. The van der Waals surface area contributed by atoms with Crippen molar-refractivity contribution in [1.82, 2.24) is 10.3 Å². The molecule has 0 fully saturated rings. The molecule has 0 spiro atoms. The molecule has 1 heterocycles. The molecular formula is C26H21BrN2O4. The molecule has 1 amide bonds. The van der Waals surface area contributed by atoms with Gasteiger partial charge in [-0.25, -0.2) is 9.59 Å². The van der Waals surface area contributed by atoms with E-state index in [9.17, 15) is 14.7 Å². The third-order valence-corrected chi connectivity index (χ3v) is 6.76. The van der Waals surface area contributed by atoms with Crippen LogP contribution in [0.1, 0.15) is 22.6 Å². The van der Waals surface area contributed by atoms with E-state index in [-0.39, 0.29) is 18.9 Å². The number of hydrogen-bond donors (Lipinski definition) is 3. The predicted octanol–water partition coefficient (Wildman–Crippen LogP) is 5.46. The molecule has 0 bridgehead atoms. The minimum absolute atomic E-state index is 0.0870. The van der Waals surface area contributed by atoms with Gasteiger partial charge in [-0.2, -0.15) is 0 Å². The minimum atomic E-state index is -1.12. The van der Waals surface area contributed by atoms with Crippen molar-refractivity contribution in [3.05, 3.63) is 94.1 Å². The number of carbonyl (C=O) groups is 2. The number of carboxylic acid groups (broad SMARTS) is 1. The number of aromatic nitrogens is 1. The van der Waals surface area contributed by atoms with Gasteiger partial charge in [0.1, 0.15) is 12.6 Å². The minimum Gasteiger partial charge on any atom is -0.480 e. The van der Waals surface area contributed by atoms with Crippen molar-refractivity contribution in [3.8, 4) is 11.1 Å². The first-order chi connectivity index (χ1) is 16.0. The Kier molecular flexibility index (Phi) is 5.64. The van der Waals surface area contributed by atoms with Crippen molar-refractivity contribution in [2.75, 3.05) is 6.61 Å². The highest BCUT2D eigenvalue weighted by atomic mass is 79.9. The quantitative estimate of drug-likeness (QED) is 0.324. The average molecular weight is 505 g/mol. The number of fused-ring (bicyclic) bond motifs is 4. The summed E-state index contributed by atoms with van der Waals surface area (Å²) < 4.78 is 6.38. The zero-order valence-corrected chi connectivity index (χ0v) is 19.1. The molecule has 166 valence electrons.